The second-order valence-electron chi connectivity index (χ2n) is 8.01. The summed E-state index contributed by atoms with van der Waals surface area (Å²) < 4.78 is 0. The van der Waals surface area contributed by atoms with Crippen molar-refractivity contribution in [3.8, 4) is 0 Å². The molecule has 0 aromatic carbocycles. The molecule has 6 heteroatoms. The van der Waals surface area contributed by atoms with Crippen LogP contribution >= 0.6 is 24.0 Å². The van der Waals surface area contributed by atoms with E-state index in [4.69, 9.17) is 0 Å². The third-order valence-electron chi connectivity index (χ3n) is 5.88. The topological polar surface area (TPSA) is 42.9 Å². The van der Waals surface area contributed by atoms with Crippen LogP contribution in [0.25, 0.3) is 0 Å². The van der Waals surface area contributed by atoms with Crippen molar-refractivity contribution in [3.63, 3.8) is 0 Å². The number of piperazine rings is 1. The van der Waals surface area contributed by atoms with Crippen molar-refractivity contribution < 1.29 is 0 Å². The van der Waals surface area contributed by atoms with Crippen molar-refractivity contribution in [2.24, 2.45) is 16.8 Å². The zero-order chi connectivity index (χ0) is 17.9. The molecule has 0 amide bonds. The average molecular weight is 479 g/mol. The van der Waals surface area contributed by atoms with Crippen molar-refractivity contribution >= 4 is 29.9 Å². The average Bonchev–Trinajstić information content (AvgIpc) is 3.15. The highest BCUT2D eigenvalue weighted by Crippen LogP contribution is 2.28. The van der Waals surface area contributed by atoms with Gasteiger partial charge in [0.1, 0.15) is 0 Å². The van der Waals surface area contributed by atoms with Crippen LogP contribution in [0.4, 0.5) is 0 Å². The van der Waals surface area contributed by atoms with Gasteiger partial charge in [0.2, 0.25) is 0 Å². The molecule has 2 N–H and O–H groups in total. The monoisotopic (exact) mass is 479 g/mol. The zero-order valence-electron chi connectivity index (χ0n) is 17.3. The predicted molar refractivity (Wildman–Crippen MR) is 124 cm³/mol. The van der Waals surface area contributed by atoms with Crippen LogP contribution in [-0.4, -0.2) is 75.2 Å². The fraction of sp³-hybridized carbons (Fsp3) is 0.950. The third kappa shape index (κ3) is 9.22. The molecule has 1 heterocycles. The SMILES string of the molecule is CCN1CCN(CC(C)CNC(=NC)NCCCC2CCCC2)CC1.I. The molecular formula is C20H42IN5. The summed E-state index contributed by atoms with van der Waals surface area (Å²) in [4.78, 5) is 9.52. The molecule has 2 rings (SSSR count). The summed E-state index contributed by atoms with van der Waals surface area (Å²) in [6.07, 6.45) is 8.46. The summed E-state index contributed by atoms with van der Waals surface area (Å²) >= 11 is 0. The maximum atomic E-state index is 4.37. The molecule has 0 aromatic heterocycles. The fourth-order valence-corrected chi connectivity index (χ4v) is 4.18. The number of guanidine groups is 1. The second kappa shape index (κ2) is 14.0. The maximum Gasteiger partial charge on any atom is 0.190 e. The molecule has 26 heavy (non-hydrogen) atoms. The van der Waals surface area contributed by atoms with E-state index in [0.29, 0.717) is 5.92 Å². The Bertz CT molecular complexity index is 376. The summed E-state index contributed by atoms with van der Waals surface area (Å²) in [7, 11) is 1.88. The Balaban J connectivity index is 0.00000338. The summed E-state index contributed by atoms with van der Waals surface area (Å²) in [5.74, 6) is 2.60. The first-order valence-corrected chi connectivity index (χ1v) is 10.6. The molecule has 2 aliphatic rings. The molecule has 154 valence electrons. The lowest BCUT2D eigenvalue weighted by atomic mass is 10.0. The molecule has 0 spiro atoms. The summed E-state index contributed by atoms with van der Waals surface area (Å²) in [6, 6.07) is 0. The molecule has 0 aromatic rings. The minimum absolute atomic E-state index is 0. The highest BCUT2D eigenvalue weighted by molar-refractivity contribution is 14.0. The van der Waals surface area contributed by atoms with E-state index in [1.54, 1.807) is 0 Å². The van der Waals surface area contributed by atoms with E-state index < -0.39 is 0 Å². The number of nitrogens with zero attached hydrogens (tertiary/aromatic N) is 3. The van der Waals surface area contributed by atoms with E-state index in [2.05, 4.69) is 39.3 Å². The lowest BCUT2D eigenvalue weighted by molar-refractivity contribution is 0.124. The van der Waals surface area contributed by atoms with Crippen molar-refractivity contribution in [1.29, 1.82) is 0 Å². The van der Waals surface area contributed by atoms with Gasteiger partial charge in [-0.15, -0.1) is 24.0 Å². The van der Waals surface area contributed by atoms with Crippen LogP contribution in [0.2, 0.25) is 0 Å². The quantitative estimate of drug-likeness (QED) is 0.231. The number of aliphatic imine (C=N–C) groups is 1. The molecule has 2 fully saturated rings. The number of likely N-dealkylation sites (N-methyl/N-ethyl adjacent to an activating group) is 1. The van der Waals surface area contributed by atoms with Gasteiger partial charge < -0.3 is 20.4 Å². The Kier molecular flexibility index (Phi) is 12.9. The van der Waals surface area contributed by atoms with E-state index in [1.807, 2.05) is 7.05 Å². The normalized spacial score (nSPS) is 21.4. The largest absolute Gasteiger partial charge is 0.356 e. The number of hydrogen-bond acceptors (Lipinski definition) is 3. The van der Waals surface area contributed by atoms with Crippen LogP contribution in [-0.2, 0) is 0 Å². The Labute approximate surface area is 178 Å². The lowest BCUT2D eigenvalue weighted by Gasteiger charge is -2.35. The first-order chi connectivity index (χ1) is 12.2. The van der Waals surface area contributed by atoms with Crippen LogP contribution in [0.1, 0.15) is 52.4 Å². The molecule has 1 aliphatic heterocycles. The summed E-state index contributed by atoms with van der Waals surface area (Å²) in [5.41, 5.74) is 0. The molecular weight excluding hydrogens is 437 g/mol. The van der Waals surface area contributed by atoms with Gasteiger partial charge in [0.25, 0.3) is 0 Å². The van der Waals surface area contributed by atoms with Crippen molar-refractivity contribution in [2.75, 3.05) is 59.4 Å². The molecule has 0 radical (unpaired) electrons. The van der Waals surface area contributed by atoms with Crippen LogP contribution in [0.3, 0.4) is 0 Å². The van der Waals surface area contributed by atoms with Gasteiger partial charge in [-0.05, 0) is 31.2 Å². The first-order valence-electron chi connectivity index (χ1n) is 10.6. The van der Waals surface area contributed by atoms with Crippen LogP contribution in [0, 0.1) is 11.8 Å². The van der Waals surface area contributed by atoms with Crippen molar-refractivity contribution in [3.05, 3.63) is 0 Å². The Morgan fingerprint density at radius 2 is 1.73 bits per heavy atom. The molecule has 1 unspecified atom stereocenters. The van der Waals surface area contributed by atoms with Gasteiger partial charge in [-0.1, -0.05) is 39.5 Å². The zero-order valence-corrected chi connectivity index (χ0v) is 19.6. The number of nitrogens with one attached hydrogen (secondary N) is 2. The van der Waals surface area contributed by atoms with Crippen molar-refractivity contribution in [2.45, 2.75) is 52.4 Å². The van der Waals surface area contributed by atoms with E-state index >= 15 is 0 Å². The molecule has 1 atom stereocenters. The van der Waals surface area contributed by atoms with E-state index in [1.165, 1.54) is 77.8 Å². The highest BCUT2D eigenvalue weighted by atomic mass is 127. The van der Waals surface area contributed by atoms with E-state index in [0.717, 1.165) is 25.0 Å². The third-order valence-corrected chi connectivity index (χ3v) is 5.88. The summed E-state index contributed by atoms with van der Waals surface area (Å²) in [6.45, 7) is 13.9. The van der Waals surface area contributed by atoms with Crippen LogP contribution < -0.4 is 10.6 Å². The Hall–Kier alpha value is -0.0800. The number of hydrogen-bond donors (Lipinski definition) is 2. The lowest BCUT2D eigenvalue weighted by Crippen LogP contribution is -2.48. The highest BCUT2D eigenvalue weighted by Gasteiger charge is 2.17. The van der Waals surface area contributed by atoms with Crippen molar-refractivity contribution in [1.82, 2.24) is 20.4 Å². The van der Waals surface area contributed by atoms with E-state index in [-0.39, 0.29) is 24.0 Å². The van der Waals surface area contributed by atoms with Gasteiger partial charge >= 0.3 is 0 Å². The van der Waals surface area contributed by atoms with Crippen LogP contribution in [0.15, 0.2) is 4.99 Å². The van der Waals surface area contributed by atoms with Gasteiger partial charge in [-0.25, -0.2) is 0 Å². The molecule has 5 nitrogen and oxygen atoms in total. The smallest absolute Gasteiger partial charge is 0.190 e. The molecule has 0 bridgehead atoms. The minimum atomic E-state index is 0. The van der Waals surface area contributed by atoms with Gasteiger partial charge in [0.05, 0.1) is 0 Å². The Morgan fingerprint density at radius 1 is 1.08 bits per heavy atom. The Morgan fingerprint density at radius 3 is 2.35 bits per heavy atom. The van der Waals surface area contributed by atoms with Gasteiger partial charge in [-0.3, -0.25) is 4.99 Å². The van der Waals surface area contributed by atoms with Gasteiger partial charge in [0.15, 0.2) is 5.96 Å². The number of rotatable bonds is 9. The van der Waals surface area contributed by atoms with E-state index in [9.17, 15) is 0 Å². The summed E-state index contributed by atoms with van der Waals surface area (Å²) in [5, 5.41) is 6.99. The number of halogens is 1. The molecule has 1 saturated carbocycles. The van der Waals surface area contributed by atoms with Gasteiger partial charge in [-0.2, -0.15) is 0 Å². The fourth-order valence-electron chi connectivity index (χ4n) is 4.18. The molecule has 1 aliphatic carbocycles. The minimum Gasteiger partial charge on any atom is -0.356 e. The maximum absolute atomic E-state index is 4.37. The van der Waals surface area contributed by atoms with Gasteiger partial charge in [0, 0.05) is 52.9 Å². The molecule has 1 saturated heterocycles. The second-order valence-corrected chi connectivity index (χ2v) is 8.01. The first kappa shape index (κ1) is 24.0. The standard InChI is InChI=1S/C20H41N5.HI/c1-4-24-12-14-25(15-13-24)17-18(2)16-23-20(21-3)22-11-7-10-19-8-5-6-9-19;/h18-19H,4-17H2,1-3H3,(H2,21,22,23);1H. The van der Waals surface area contributed by atoms with Crippen LogP contribution in [0.5, 0.6) is 0 Å². The predicted octanol–water partition coefficient (Wildman–Crippen LogP) is 3.01.